The number of hydrogen-bond donors (Lipinski definition) is 2. The van der Waals surface area contributed by atoms with Crippen LogP contribution in [0.25, 0.3) is 0 Å². The SMILES string of the molecule is CN=C(NCC(CC(C)C)N(C)C)NCC1(C)CCCO1. The van der Waals surface area contributed by atoms with Crippen LogP contribution in [0, 0.1) is 5.92 Å². The van der Waals surface area contributed by atoms with Crippen LogP contribution in [0.1, 0.15) is 40.0 Å². The van der Waals surface area contributed by atoms with Crippen molar-refractivity contribution in [1.82, 2.24) is 15.5 Å². The van der Waals surface area contributed by atoms with Gasteiger partial charge in [-0.1, -0.05) is 13.8 Å². The molecule has 1 heterocycles. The summed E-state index contributed by atoms with van der Waals surface area (Å²) in [5.74, 6) is 1.56. The van der Waals surface area contributed by atoms with Crippen LogP contribution in [0.3, 0.4) is 0 Å². The van der Waals surface area contributed by atoms with Crippen molar-refractivity contribution >= 4 is 5.96 Å². The maximum Gasteiger partial charge on any atom is 0.191 e. The summed E-state index contributed by atoms with van der Waals surface area (Å²) in [6, 6.07) is 0.516. The van der Waals surface area contributed by atoms with Gasteiger partial charge < -0.3 is 20.3 Å². The van der Waals surface area contributed by atoms with E-state index in [2.05, 4.69) is 55.4 Å². The topological polar surface area (TPSA) is 48.9 Å². The van der Waals surface area contributed by atoms with Gasteiger partial charge >= 0.3 is 0 Å². The second-order valence-corrected chi connectivity index (χ2v) is 6.96. The molecule has 0 aromatic rings. The Morgan fingerprint density at radius 2 is 2.05 bits per heavy atom. The van der Waals surface area contributed by atoms with Gasteiger partial charge in [-0.15, -0.1) is 0 Å². The average Bonchev–Trinajstić information content (AvgIpc) is 2.84. The minimum atomic E-state index is -0.0451. The number of aliphatic imine (C=N–C) groups is 1. The molecule has 0 aromatic carbocycles. The van der Waals surface area contributed by atoms with Gasteiger partial charge in [-0.2, -0.15) is 0 Å². The highest BCUT2D eigenvalue weighted by Crippen LogP contribution is 2.23. The standard InChI is InChI=1S/C16H34N4O/c1-13(2)10-14(20(5)6)11-18-15(17-4)19-12-16(3)8-7-9-21-16/h13-14H,7-12H2,1-6H3,(H2,17,18,19). The highest BCUT2D eigenvalue weighted by molar-refractivity contribution is 5.79. The summed E-state index contributed by atoms with van der Waals surface area (Å²) < 4.78 is 5.80. The fourth-order valence-corrected chi connectivity index (χ4v) is 2.70. The molecule has 2 unspecified atom stereocenters. The summed E-state index contributed by atoms with van der Waals surface area (Å²) in [7, 11) is 6.09. The Kier molecular flexibility index (Phi) is 7.46. The Labute approximate surface area is 130 Å². The molecule has 1 saturated heterocycles. The van der Waals surface area contributed by atoms with Crippen molar-refractivity contribution in [2.75, 3.05) is 40.8 Å². The molecule has 1 aliphatic heterocycles. The highest BCUT2D eigenvalue weighted by atomic mass is 16.5. The van der Waals surface area contributed by atoms with Crippen molar-refractivity contribution in [3.8, 4) is 0 Å². The smallest absolute Gasteiger partial charge is 0.191 e. The monoisotopic (exact) mass is 298 g/mol. The number of guanidine groups is 1. The van der Waals surface area contributed by atoms with Gasteiger partial charge in [-0.05, 0) is 46.2 Å². The minimum absolute atomic E-state index is 0.0451. The lowest BCUT2D eigenvalue weighted by Gasteiger charge is -2.28. The van der Waals surface area contributed by atoms with Crippen molar-refractivity contribution in [1.29, 1.82) is 0 Å². The first-order chi connectivity index (χ1) is 9.86. The Bertz CT molecular complexity index is 322. The number of nitrogens with one attached hydrogen (secondary N) is 2. The molecule has 5 nitrogen and oxygen atoms in total. The molecule has 1 aliphatic rings. The Morgan fingerprint density at radius 1 is 1.33 bits per heavy atom. The predicted molar refractivity (Wildman–Crippen MR) is 89.9 cm³/mol. The Balaban J connectivity index is 2.39. The van der Waals surface area contributed by atoms with E-state index in [0.29, 0.717) is 12.0 Å². The second-order valence-electron chi connectivity index (χ2n) is 6.96. The molecule has 0 aromatic heterocycles. The van der Waals surface area contributed by atoms with Crippen LogP contribution < -0.4 is 10.6 Å². The van der Waals surface area contributed by atoms with Crippen molar-refractivity contribution in [3.05, 3.63) is 0 Å². The number of rotatable bonds is 7. The van der Waals surface area contributed by atoms with Gasteiger partial charge in [0.2, 0.25) is 0 Å². The Morgan fingerprint density at radius 3 is 2.52 bits per heavy atom. The van der Waals surface area contributed by atoms with E-state index in [1.165, 1.54) is 6.42 Å². The van der Waals surface area contributed by atoms with Gasteiger partial charge in [0.15, 0.2) is 5.96 Å². The number of likely N-dealkylation sites (N-methyl/N-ethyl adjacent to an activating group) is 1. The zero-order valence-corrected chi connectivity index (χ0v) is 14.7. The molecule has 2 atom stereocenters. The normalized spacial score (nSPS) is 24.7. The van der Waals surface area contributed by atoms with E-state index in [-0.39, 0.29) is 5.60 Å². The minimum Gasteiger partial charge on any atom is -0.373 e. The molecule has 1 rings (SSSR count). The van der Waals surface area contributed by atoms with Crippen LogP contribution in [-0.4, -0.2) is 63.3 Å². The molecule has 0 spiro atoms. The molecule has 0 amide bonds. The van der Waals surface area contributed by atoms with Crippen LogP contribution in [0.4, 0.5) is 0 Å². The van der Waals surface area contributed by atoms with Gasteiger partial charge in [0, 0.05) is 32.8 Å². The van der Waals surface area contributed by atoms with Crippen molar-refractivity contribution in [2.45, 2.75) is 51.7 Å². The zero-order chi connectivity index (χ0) is 15.9. The van der Waals surface area contributed by atoms with Gasteiger partial charge in [0.25, 0.3) is 0 Å². The number of hydrogen-bond acceptors (Lipinski definition) is 3. The molecule has 0 saturated carbocycles. The van der Waals surface area contributed by atoms with Crippen LogP contribution in [0.2, 0.25) is 0 Å². The summed E-state index contributed by atoms with van der Waals surface area (Å²) in [5, 5.41) is 6.83. The summed E-state index contributed by atoms with van der Waals surface area (Å²) in [4.78, 5) is 6.59. The zero-order valence-electron chi connectivity index (χ0n) is 14.7. The van der Waals surface area contributed by atoms with Gasteiger partial charge in [-0.3, -0.25) is 4.99 Å². The molecule has 124 valence electrons. The highest BCUT2D eigenvalue weighted by Gasteiger charge is 2.29. The van der Waals surface area contributed by atoms with Crippen molar-refractivity contribution in [2.24, 2.45) is 10.9 Å². The number of nitrogens with zero attached hydrogens (tertiary/aromatic N) is 2. The van der Waals surface area contributed by atoms with E-state index >= 15 is 0 Å². The fraction of sp³-hybridized carbons (Fsp3) is 0.938. The van der Waals surface area contributed by atoms with E-state index in [1.807, 2.05) is 7.05 Å². The summed E-state index contributed by atoms with van der Waals surface area (Å²) in [5.41, 5.74) is -0.0451. The van der Waals surface area contributed by atoms with E-state index in [0.717, 1.165) is 38.5 Å². The van der Waals surface area contributed by atoms with Crippen LogP contribution >= 0.6 is 0 Å². The first-order valence-electron chi connectivity index (χ1n) is 8.11. The maximum atomic E-state index is 5.80. The molecule has 2 N–H and O–H groups in total. The first-order valence-corrected chi connectivity index (χ1v) is 8.11. The van der Waals surface area contributed by atoms with Crippen LogP contribution in [0.5, 0.6) is 0 Å². The average molecular weight is 298 g/mol. The number of ether oxygens (including phenoxy) is 1. The molecule has 5 heteroatoms. The molecule has 1 fully saturated rings. The lowest BCUT2D eigenvalue weighted by molar-refractivity contribution is 0.0242. The van der Waals surface area contributed by atoms with Crippen molar-refractivity contribution < 1.29 is 4.74 Å². The quantitative estimate of drug-likeness (QED) is 0.555. The molecule has 21 heavy (non-hydrogen) atoms. The second kappa shape index (κ2) is 8.59. The fourth-order valence-electron chi connectivity index (χ4n) is 2.70. The lowest BCUT2D eigenvalue weighted by atomic mass is 10.0. The van der Waals surface area contributed by atoms with E-state index in [1.54, 1.807) is 0 Å². The third-order valence-corrected chi connectivity index (χ3v) is 4.13. The molecule has 0 radical (unpaired) electrons. The largest absolute Gasteiger partial charge is 0.373 e. The van der Waals surface area contributed by atoms with Gasteiger partial charge in [0.05, 0.1) is 5.60 Å². The van der Waals surface area contributed by atoms with E-state index in [9.17, 15) is 0 Å². The summed E-state index contributed by atoms with van der Waals surface area (Å²) in [6.45, 7) is 9.29. The molecular formula is C16H34N4O. The third-order valence-electron chi connectivity index (χ3n) is 4.13. The predicted octanol–water partition coefficient (Wildman–Crippen LogP) is 1.70. The Hall–Kier alpha value is -0.810. The van der Waals surface area contributed by atoms with Crippen molar-refractivity contribution in [3.63, 3.8) is 0 Å². The summed E-state index contributed by atoms with van der Waals surface area (Å²) in [6.07, 6.45) is 3.45. The van der Waals surface area contributed by atoms with Gasteiger partial charge in [0.1, 0.15) is 0 Å². The molecular weight excluding hydrogens is 264 g/mol. The maximum absolute atomic E-state index is 5.80. The third kappa shape index (κ3) is 6.66. The summed E-state index contributed by atoms with van der Waals surface area (Å²) >= 11 is 0. The molecule has 0 aliphatic carbocycles. The van der Waals surface area contributed by atoms with Crippen LogP contribution in [-0.2, 0) is 4.74 Å². The first kappa shape index (κ1) is 18.2. The van der Waals surface area contributed by atoms with Crippen LogP contribution in [0.15, 0.2) is 4.99 Å². The van der Waals surface area contributed by atoms with E-state index < -0.39 is 0 Å². The van der Waals surface area contributed by atoms with E-state index in [4.69, 9.17) is 4.74 Å². The lowest BCUT2D eigenvalue weighted by Crippen LogP contribution is -2.49. The van der Waals surface area contributed by atoms with Gasteiger partial charge in [-0.25, -0.2) is 0 Å². The molecule has 0 bridgehead atoms.